The van der Waals surface area contributed by atoms with Crippen LogP contribution in [0.5, 0.6) is 0 Å². The summed E-state index contributed by atoms with van der Waals surface area (Å²) in [5.74, 6) is 0.0448. The number of carbonyl (C=O) groups excluding carboxylic acids is 1. The predicted octanol–water partition coefficient (Wildman–Crippen LogP) is 3.29. The molecule has 2 heterocycles. The van der Waals surface area contributed by atoms with Crippen LogP contribution in [0.4, 0.5) is 0 Å². The molecule has 0 unspecified atom stereocenters. The molecule has 1 aromatic heterocycles. The van der Waals surface area contributed by atoms with E-state index in [1.54, 1.807) is 6.07 Å². The lowest BCUT2D eigenvalue weighted by atomic mass is 10.0. The van der Waals surface area contributed by atoms with Crippen molar-refractivity contribution in [1.82, 2.24) is 14.8 Å². The SMILES string of the molecule is N#Cc1ccc2c(ccn2CC(=O)NC2CCN(Cc3ccccc3)CC2)c1. The van der Waals surface area contributed by atoms with Crippen LogP contribution in [0.1, 0.15) is 24.0 Å². The first kappa shape index (κ1) is 18.3. The number of nitrogens with one attached hydrogen (secondary N) is 1. The zero-order chi connectivity index (χ0) is 19.3. The molecular weight excluding hydrogens is 348 g/mol. The fraction of sp³-hybridized carbons (Fsp3) is 0.304. The number of rotatable bonds is 5. The van der Waals surface area contributed by atoms with E-state index in [-0.39, 0.29) is 11.9 Å². The number of hydrogen-bond acceptors (Lipinski definition) is 3. The molecule has 1 fully saturated rings. The minimum Gasteiger partial charge on any atom is -0.352 e. The highest BCUT2D eigenvalue weighted by Crippen LogP contribution is 2.18. The molecule has 5 heteroatoms. The summed E-state index contributed by atoms with van der Waals surface area (Å²) in [6.07, 6.45) is 3.88. The molecular formula is C23H24N4O. The molecule has 28 heavy (non-hydrogen) atoms. The van der Waals surface area contributed by atoms with Gasteiger partial charge in [-0.1, -0.05) is 30.3 Å². The third kappa shape index (κ3) is 4.24. The predicted molar refractivity (Wildman–Crippen MR) is 110 cm³/mol. The largest absolute Gasteiger partial charge is 0.352 e. The number of piperidine rings is 1. The smallest absolute Gasteiger partial charge is 0.240 e. The van der Waals surface area contributed by atoms with E-state index in [1.807, 2.05) is 35.0 Å². The van der Waals surface area contributed by atoms with Gasteiger partial charge in [0.2, 0.25) is 5.91 Å². The molecule has 4 rings (SSSR count). The number of benzene rings is 2. The van der Waals surface area contributed by atoms with Crippen molar-refractivity contribution in [3.63, 3.8) is 0 Å². The van der Waals surface area contributed by atoms with Crippen LogP contribution >= 0.6 is 0 Å². The van der Waals surface area contributed by atoms with Gasteiger partial charge in [0.15, 0.2) is 0 Å². The van der Waals surface area contributed by atoms with Crippen LogP contribution in [0.25, 0.3) is 10.9 Å². The van der Waals surface area contributed by atoms with Crippen molar-refractivity contribution in [2.45, 2.75) is 32.0 Å². The maximum Gasteiger partial charge on any atom is 0.240 e. The maximum atomic E-state index is 12.5. The fourth-order valence-corrected chi connectivity index (χ4v) is 3.91. The number of carbonyl (C=O) groups is 1. The Balaban J connectivity index is 1.29. The van der Waals surface area contributed by atoms with Crippen LogP contribution in [-0.2, 0) is 17.9 Å². The van der Waals surface area contributed by atoms with Gasteiger partial charge in [0, 0.05) is 42.8 Å². The monoisotopic (exact) mass is 372 g/mol. The molecule has 3 aromatic rings. The van der Waals surface area contributed by atoms with Crippen LogP contribution < -0.4 is 5.32 Å². The molecule has 1 aliphatic rings. The third-order valence-electron chi connectivity index (χ3n) is 5.42. The van der Waals surface area contributed by atoms with Gasteiger partial charge in [-0.3, -0.25) is 9.69 Å². The molecule has 5 nitrogen and oxygen atoms in total. The topological polar surface area (TPSA) is 61.1 Å². The summed E-state index contributed by atoms with van der Waals surface area (Å²) >= 11 is 0. The third-order valence-corrected chi connectivity index (χ3v) is 5.42. The summed E-state index contributed by atoms with van der Waals surface area (Å²) < 4.78 is 1.94. The van der Waals surface area contributed by atoms with Crippen LogP contribution in [0.2, 0.25) is 0 Å². The summed E-state index contributed by atoms with van der Waals surface area (Å²) in [4.78, 5) is 15.0. The van der Waals surface area contributed by atoms with Gasteiger partial charge in [0.1, 0.15) is 6.54 Å². The molecule has 1 N–H and O–H groups in total. The number of nitriles is 1. The number of fused-ring (bicyclic) bond motifs is 1. The van der Waals surface area contributed by atoms with Gasteiger partial charge < -0.3 is 9.88 Å². The minimum atomic E-state index is 0.0448. The van der Waals surface area contributed by atoms with Gasteiger partial charge in [-0.05, 0) is 42.7 Å². The molecule has 1 aliphatic heterocycles. The van der Waals surface area contributed by atoms with Crippen LogP contribution in [0, 0.1) is 11.3 Å². The standard InChI is InChI=1S/C23H24N4O/c24-15-19-6-7-22-20(14-19)8-13-27(22)17-23(28)25-21-9-11-26(12-10-21)16-18-4-2-1-3-5-18/h1-8,13-14,21H,9-12,16-17H2,(H,25,28). The Bertz CT molecular complexity index is 994. The fourth-order valence-electron chi connectivity index (χ4n) is 3.91. The van der Waals surface area contributed by atoms with Crippen molar-refractivity contribution in [2.24, 2.45) is 0 Å². The van der Waals surface area contributed by atoms with E-state index >= 15 is 0 Å². The normalized spacial score (nSPS) is 15.4. The highest BCUT2D eigenvalue weighted by Gasteiger charge is 2.21. The van der Waals surface area contributed by atoms with Gasteiger partial charge in [-0.15, -0.1) is 0 Å². The van der Waals surface area contributed by atoms with Gasteiger partial charge in [0.05, 0.1) is 11.6 Å². The summed E-state index contributed by atoms with van der Waals surface area (Å²) in [5, 5.41) is 13.2. The molecule has 0 aliphatic carbocycles. The summed E-state index contributed by atoms with van der Waals surface area (Å²) in [5.41, 5.74) is 2.95. The molecule has 0 saturated carbocycles. The lowest BCUT2D eigenvalue weighted by molar-refractivity contribution is -0.122. The molecule has 142 valence electrons. The first-order valence-electron chi connectivity index (χ1n) is 9.76. The molecule has 0 radical (unpaired) electrons. The second kappa shape index (κ2) is 8.28. The zero-order valence-electron chi connectivity index (χ0n) is 15.8. The Morgan fingerprint density at radius 1 is 1.11 bits per heavy atom. The molecule has 0 spiro atoms. The number of amides is 1. The molecule has 0 atom stereocenters. The average Bonchev–Trinajstić information content (AvgIpc) is 3.12. The molecule has 1 amide bonds. The van der Waals surface area contributed by atoms with Gasteiger partial charge in [-0.2, -0.15) is 5.26 Å². The second-order valence-corrected chi connectivity index (χ2v) is 7.43. The number of nitrogens with zero attached hydrogens (tertiary/aromatic N) is 3. The summed E-state index contributed by atoms with van der Waals surface area (Å²) in [6, 6.07) is 20.4. The van der Waals surface area contributed by atoms with E-state index in [1.165, 1.54) is 5.56 Å². The van der Waals surface area contributed by atoms with E-state index in [2.05, 4.69) is 40.6 Å². The summed E-state index contributed by atoms with van der Waals surface area (Å²) in [6.45, 7) is 3.29. The molecule has 1 saturated heterocycles. The lowest BCUT2D eigenvalue weighted by Gasteiger charge is -2.32. The van der Waals surface area contributed by atoms with Gasteiger partial charge in [-0.25, -0.2) is 0 Å². The van der Waals surface area contributed by atoms with Gasteiger partial charge in [0.25, 0.3) is 0 Å². The van der Waals surface area contributed by atoms with Crippen molar-refractivity contribution >= 4 is 16.8 Å². The number of hydrogen-bond donors (Lipinski definition) is 1. The Kier molecular flexibility index (Phi) is 5.41. The lowest BCUT2D eigenvalue weighted by Crippen LogP contribution is -2.45. The Hall–Kier alpha value is -3.10. The Morgan fingerprint density at radius 3 is 2.64 bits per heavy atom. The van der Waals surface area contributed by atoms with Crippen molar-refractivity contribution in [3.05, 3.63) is 71.9 Å². The second-order valence-electron chi connectivity index (χ2n) is 7.43. The maximum absolute atomic E-state index is 12.5. The number of likely N-dealkylation sites (tertiary alicyclic amines) is 1. The van der Waals surface area contributed by atoms with Crippen molar-refractivity contribution < 1.29 is 4.79 Å². The number of aromatic nitrogens is 1. The first-order chi connectivity index (χ1) is 13.7. The summed E-state index contributed by atoms with van der Waals surface area (Å²) in [7, 11) is 0. The zero-order valence-corrected chi connectivity index (χ0v) is 15.8. The highest BCUT2D eigenvalue weighted by atomic mass is 16.2. The molecule has 2 aromatic carbocycles. The van der Waals surface area contributed by atoms with Gasteiger partial charge >= 0.3 is 0 Å². The van der Waals surface area contributed by atoms with Crippen molar-refractivity contribution in [1.29, 1.82) is 5.26 Å². The highest BCUT2D eigenvalue weighted by molar-refractivity contribution is 5.84. The van der Waals surface area contributed by atoms with E-state index in [0.717, 1.165) is 43.4 Å². The van der Waals surface area contributed by atoms with Crippen LogP contribution in [0.15, 0.2) is 60.8 Å². The minimum absolute atomic E-state index is 0.0448. The van der Waals surface area contributed by atoms with E-state index in [0.29, 0.717) is 12.1 Å². The van der Waals surface area contributed by atoms with Crippen LogP contribution in [-0.4, -0.2) is 34.5 Å². The molecule has 0 bridgehead atoms. The van der Waals surface area contributed by atoms with Crippen LogP contribution in [0.3, 0.4) is 0 Å². The van der Waals surface area contributed by atoms with Crippen molar-refractivity contribution in [2.75, 3.05) is 13.1 Å². The first-order valence-corrected chi connectivity index (χ1v) is 9.76. The van der Waals surface area contributed by atoms with E-state index < -0.39 is 0 Å². The average molecular weight is 372 g/mol. The quantitative estimate of drug-likeness (QED) is 0.748. The Morgan fingerprint density at radius 2 is 1.89 bits per heavy atom. The van der Waals surface area contributed by atoms with E-state index in [4.69, 9.17) is 5.26 Å². The van der Waals surface area contributed by atoms with E-state index in [9.17, 15) is 4.79 Å². The van der Waals surface area contributed by atoms with Crippen molar-refractivity contribution in [3.8, 4) is 6.07 Å². The Labute approximate surface area is 165 Å².